The molecule has 0 aliphatic carbocycles. The van der Waals surface area contributed by atoms with Crippen molar-refractivity contribution in [1.29, 1.82) is 0 Å². The highest BCUT2D eigenvalue weighted by atomic mass is 15.3. The number of aromatic nitrogens is 2. The molecule has 136 valence electrons. The zero-order valence-electron chi connectivity index (χ0n) is 17.8. The van der Waals surface area contributed by atoms with E-state index in [1.54, 1.807) is 0 Å². The molecule has 0 saturated heterocycles. The Balaban J connectivity index is 0.00000123. The third kappa shape index (κ3) is 5.81. The van der Waals surface area contributed by atoms with Crippen molar-refractivity contribution in [3.05, 3.63) is 41.7 Å². The van der Waals surface area contributed by atoms with Crippen molar-refractivity contribution < 1.29 is 0 Å². The minimum absolute atomic E-state index is 0.0187. The van der Waals surface area contributed by atoms with E-state index in [2.05, 4.69) is 78.0 Å². The average molecular weight is 331 g/mol. The van der Waals surface area contributed by atoms with Gasteiger partial charge in [-0.1, -0.05) is 72.2 Å². The second kappa shape index (κ2) is 9.05. The van der Waals surface area contributed by atoms with E-state index in [0.29, 0.717) is 0 Å². The molecular formula is C22H38N2. The van der Waals surface area contributed by atoms with E-state index < -0.39 is 0 Å². The fourth-order valence-corrected chi connectivity index (χ4v) is 2.36. The van der Waals surface area contributed by atoms with Crippen LogP contribution >= 0.6 is 0 Å². The highest BCUT2D eigenvalue weighted by molar-refractivity contribution is 5.68. The van der Waals surface area contributed by atoms with E-state index in [4.69, 9.17) is 0 Å². The van der Waals surface area contributed by atoms with Crippen molar-refractivity contribution in [2.75, 3.05) is 0 Å². The lowest BCUT2D eigenvalue weighted by Gasteiger charge is -2.23. The third-order valence-electron chi connectivity index (χ3n) is 3.56. The van der Waals surface area contributed by atoms with Crippen molar-refractivity contribution in [2.45, 2.75) is 87.1 Å². The number of aryl methyl sites for hydroxylation is 1. The Morgan fingerprint density at radius 2 is 1.42 bits per heavy atom. The van der Waals surface area contributed by atoms with Gasteiger partial charge < -0.3 is 0 Å². The molecule has 0 amide bonds. The number of rotatable bonds is 1. The Hall–Kier alpha value is -1.57. The summed E-state index contributed by atoms with van der Waals surface area (Å²) in [5, 5.41) is 4.53. The van der Waals surface area contributed by atoms with E-state index in [9.17, 15) is 0 Å². The van der Waals surface area contributed by atoms with Crippen LogP contribution in [0.2, 0.25) is 0 Å². The molecule has 2 nitrogen and oxygen atoms in total. The predicted molar refractivity (Wildman–Crippen MR) is 109 cm³/mol. The van der Waals surface area contributed by atoms with Crippen molar-refractivity contribution in [1.82, 2.24) is 9.78 Å². The maximum absolute atomic E-state index is 4.53. The molecule has 0 N–H and O–H groups in total. The molecule has 0 atom stereocenters. The summed E-state index contributed by atoms with van der Waals surface area (Å²) in [6, 6.07) is 6.70. The highest BCUT2D eigenvalue weighted by Crippen LogP contribution is 2.34. The monoisotopic (exact) mass is 330 g/mol. The van der Waals surface area contributed by atoms with Crippen LogP contribution in [-0.4, -0.2) is 9.78 Å². The zero-order chi connectivity index (χ0) is 19.1. The molecule has 1 aromatic heterocycles. The first-order valence-electron chi connectivity index (χ1n) is 9.26. The predicted octanol–water partition coefficient (Wildman–Crippen LogP) is 6.96. The Labute approximate surface area is 150 Å². The molecule has 24 heavy (non-hydrogen) atoms. The molecule has 0 fully saturated rings. The Morgan fingerprint density at radius 1 is 0.875 bits per heavy atom. The van der Waals surface area contributed by atoms with Crippen molar-refractivity contribution in [2.24, 2.45) is 0 Å². The van der Waals surface area contributed by atoms with E-state index in [-0.39, 0.29) is 11.0 Å². The summed E-state index contributed by atoms with van der Waals surface area (Å²) < 4.78 is 2.04. The molecule has 2 heteroatoms. The van der Waals surface area contributed by atoms with E-state index >= 15 is 0 Å². The first-order chi connectivity index (χ1) is 11.1. The molecule has 1 heterocycles. The molecular weight excluding hydrogens is 292 g/mol. The molecule has 0 aliphatic rings. The number of benzene rings is 1. The molecule has 0 spiro atoms. The maximum Gasteiger partial charge on any atom is 0.0568 e. The second-order valence-corrected chi connectivity index (χ2v) is 7.64. The van der Waals surface area contributed by atoms with Gasteiger partial charge in [0.2, 0.25) is 0 Å². The zero-order valence-corrected chi connectivity index (χ0v) is 17.8. The van der Waals surface area contributed by atoms with Crippen LogP contribution in [-0.2, 0) is 11.0 Å². The van der Waals surface area contributed by atoms with Crippen LogP contribution in [0, 0.1) is 6.92 Å². The van der Waals surface area contributed by atoms with Gasteiger partial charge in [-0.25, -0.2) is 0 Å². The van der Waals surface area contributed by atoms with Gasteiger partial charge in [0.05, 0.1) is 11.7 Å². The van der Waals surface area contributed by atoms with Crippen LogP contribution in [0.1, 0.15) is 80.4 Å². The number of nitrogens with zero attached hydrogens (tertiary/aromatic N) is 2. The molecule has 0 aliphatic heterocycles. The minimum atomic E-state index is 0.0187. The smallest absolute Gasteiger partial charge is 0.0568 e. The van der Waals surface area contributed by atoms with Crippen LogP contribution in [0.3, 0.4) is 0 Å². The summed E-state index contributed by atoms with van der Waals surface area (Å²) in [6.07, 6.45) is 4.13. The van der Waals surface area contributed by atoms with Crippen LogP contribution in [0.4, 0.5) is 0 Å². The van der Waals surface area contributed by atoms with Gasteiger partial charge in [0.25, 0.3) is 0 Å². The van der Waals surface area contributed by atoms with Gasteiger partial charge in [-0.05, 0) is 44.2 Å². The Bertz CT molecular complexity index is 608. The highest BCUT2D eigenvalue weighted by Gasteiger charge is 2.21. The Kier molecular flexibility index (Phi) is 8.46. The van der Waals surface area contributed by atoms with Gasteiger partial charge >= 0.3 is 0 Å². The summed E-state index contributed by atoms with van der Waals surface area (Å²) in [7, 11) is 0. The van der Waals surface area contributed by atoms with E-state index in [0.717, 1.165) is 0 Å². The van der Waals surface area contributed by atoms with Gasteiger partial charge in [0, 0.05) is 11.8 Å². The summed E-state index contributed by atoms with van der Waals surface area (Å²) in [6.45, 7) is 23.5. The molecule has 0 radical (unpaired) electrons. The summed E-state index contributed by atoms with van der Waals surface area (Å²) >= 11 is 0. The van der Waals surface area contributed by atoms with Crippen LogP contribution < -0.4 is 0 Å². The lowest BCUT2D eigenvalue weighted by molar-refractivity contribution is 0.355. The van der Waals surface area contributed by atoms with Crippen LogP contribution in [0.5, 0.6) is 0 Å². The van der Waals surface area contributed by atoms with Gasteiger partial charge in [0.15, 0.2) is 0 Å². The molecule has 2 rings (SSSR count). The molecule has 1 aromatic carbocycles. The van der Waals surface area contributed by atoms with Gasteiger partial charge in [-0.15, -0.1) is 0 Å². The largest absolute Gasteiger partial charge is 0.267 e. The Morgan fingerprint density at radius 3 is 1.83 bits per heavy atom. The first kappa shape index (κ1) is 22.4. The molecule has 0 saturated carbocycles. The van der Waals surface area contributed by atoms with E-state index in [1.165, 1.54) is 22.3 Å². The van der Waals surface area contributed by atoms with Crippen molar-refractivity contribution in [3.63, 3.8) is 0 Å². The maximum atomic E-state index is 4.53. The van der Waals surface area contributed by atoms with Gasteiger partial charge in [0.1, 0.15) is 0 Å². The van der Waals surface area contributed by atoms with Crippen molar-refractivity contribution in [3.8, 4) is 11.1 Å². The quantitative estimate of drug-likeness (QED) is 0.552. The average Bonchev–Trinajstić information content (AvgIpc) is 3.00. The fraction of sp³-hybridized carbons (Fsp3) is 0.591. The van der Waals surface area contributed by atoms with Crippen LogP contribution in [0.15, 0.2) is 30.6 Å². The lowest BCUT2D eigenvalue weighted by atomic mass is 9.81. The van der Waals surface area contributed by atoms with E-state index in [1.807, 2.05) is 38.6 Å². The fourth-order valence-electron chi connectivity index (χ4n) is 2.36. The normalized spacial score (nSPS) is 11.1. The topological polar surface area (TPSA) is 17.8 Å². The number of hydrogen-bond donors (Lipinski definition) is 0. The molecule has 0 bridgehead atoms. The van der Waals surface area contributed by atoms with Gasteiger partial charge in [-0.2, -0.15) is 5.10 Å². The minimum Gasteiger partial charge on any atom is -0.267 e. The summed E-state index contributed by atoms with van der Waals surface area (Å²) in [4.78, 5) is 0. The molecule has 0 unspecified atom stereocenters. The summed E-state index contributed by atoms with van der Waals surface area (Å²) in [5.74, 6) is 0. The first-order valence-corrected chi connectivity index (χ1v) is 9.26. The van der Waals surface area contributed by atoms with Crippen molar-refractivity contribution >= 4 is 0 Å². The van der Waals surface area contributed by atoms with Crippen LogP contribution in [0.25, 0.3) is 11.1 Å². The number of hydrogen-bond acceptors (Lipinski definition) is 1. The third-order valence-corrected chi connectivity index (χ3v) is 3.56. The summed E-state index contributed by atoms with van der Waals surface area (Å²) in [5.41, 5.74) is 5.33. The second-order valence-electron chi connectivity index (χ2n) is 7.64. The molecule has 2 aromatic rings. The van der Waals surface area contributed by atoms with Gasteiger partial charge in [-0.3, -0.25) is 4.68 Å². The SMILES string of the molecule is CC.CC.Cc1ccc(-c2cnn(C(C)(C)C)c2)c(C(C)(C)C)c1. The standard InChI is InChI=1S/C18H26N2.2C2H6/c1-13-8-9-15(16(10-13)17(2,3)4)14-11-19-20(12-14)18(5,6)7;2*1-2/h8-12H,1-7H3;2*1-2H3. The lowest BCUT2D eigenvalue weighted by Crippen LogP contribution is -2.21.